The molecule has 102 valence electrons. The number of ether oxygens (including phenoxy) is 2. The summed E-state index contributed by atoms with van der Waals surface area (Å²) in [6.45, 7) is 0.186. The fourth-order valence-electron chi connectivity index (χ4n) is 1.86. The molecule has 5 heteroatoms. The Labute approximate surface area is 119 Å². The van der Waals surface area contributed by atoms with Gasteiger partial charge in [-0.1, -0.05) is 6.07 Å². The fourth-order valence-corrected chi connectivity index (χ4v) is 2.69. The average Bonchev–Trinajstić information content (AvgIpc) is 2.92. The third-order valence-corrected chi connectivity index (χ3v) is 3.85. The van der Waals surface area contributed by atoms with Crippen LogP contribution in [0, 0.1) is 5.82 Å². The number of ketones is 1. The molecule has 0 aliphatic carbocycles. The van der Waals surface area contributed by atoms with Gasteiger partial charge in [0.05, 0.1) is 5.75 Å². The largest absolute Gasteiger partial charge is 0.454 e. The molecule has 0 atom stereocenters. The van der Waals surface area contributed by atoms with Gasteiger partial charge in [-0.15, -0.1) is 11.8 Å². The smallest absolute Gasteiger partial charge is 0.231 e. The van der Waals surface area contributed by atoms with Gasteiger partial charge in [0, 0.05) is 10.5 Å². The first-order valence-corrected chi connectivity index (χ1v) is 7.02. The third kappa shape index (κ3) is 2.77. The molecule has 0 bridgehead atoms. The van der Waals surface area contributed by atoms with Crippen LogP contribution in [0.2, 0.25) is 0 Å². The molecule has 1 aliphatic rings. The first kappa shape index (κ1) is 13.0. The van der Waals surface area contributed by atoms with Crippen molar-refractivity contribution in [2.75, 3.05) is 12.5 Å². The van der Waals surface area contributed by atoms with E-state index < -0.39 is 0 Å². The van der Waals surface area contributed by atoms with Gasteiger partial charge in [0.1, 0.15) is 5.82 Å². The lowest BCUT2D eigenvalue weighted by molar-refractivity contribution is 0.102. The zero-order valence-electron chi connectivity index (χ0n) is 10.5. The summed E-state index contributed by atoms with van der Waals surface area (Å²) in [5.41, 5.74) is 0.568. The van der Waals surface area contributed by atoms with Crippen LogP contribution in [-0.4, -0.2) is 18.3 Å². The Morgan fingerprint density at radius 2 is 2.00 bits per heavy atom. The van der Waals surface area contributed by atoms with E-state index in [1.165, 1.54) is 23.9 Å². The Balaban J connectivity index is 1.67. The monoisotopic (exact) mass is 290 g/mol. The molecule has 0 unspecified atom stereocenters. The molecule has 0 amide bonds. The molecule has 0 radical (unpaired) electrons. The van der Waals surface area contributed by atoms with Crippen molar-refractivity contribution in [3.05, 3.63) is 53.8 Å². The highest BCUT2D eigenvalue weighted by molar-refractivity contribution is 8.00. The molecule has 0 spiro atoms. The first-order valence-electron chi connectivity index (χ1n) is 6.03. The Morgan fingerprint density at radius 3 is 2.85 bits per heavy atom. The number of rotatable bonds is 4. The molecular weight excluding hydrogens is 279 g/mol. The third-order valence-electron chi connectivity index (χ3n) is 2.86. The first-order chi connectivity index (χ1) is 9.72. The van der Waals surface area contributed by atoms with Crippen molar-refractivity contribution in [3.8, 4) is 11.5 Å². The molecule has 2 aromatic carbocycles. The highest BCUT2D eigenvalue weighted by Gasteiger charge is 2.16. The van der Waals surface area contributed by atoms with Crippen LogP contribution in [0.3, 0.4) is 0 Å². The Hall–Kier alpha value is -2.01. The van der Waals surface area contributed by atoms with Gasteiger partial charge in [0.25, 0.3) is 0 Å². The predicted octanol–water partition coefficient (Wildman–Crippen LogP) is 3.53. The van der Waals surface area contributed by atoms with Crippen LogP contribution < -0.4 is 9.47 Å². The van der Waals surface area contributed by atoms with E-state index in [1.807, 2.05) is 0 Å². The number of hydrogen-bond acceptors (Lipinski definition) is 4. The van der Waals surface area contributed by atoms with Crippen LogP contribution >= 0.6 is 11.8 Å². The maximum atomic E-state index is 13.0. The molecular formula is C15H11FO3S. The normalized spacial score (nSPS) is 12.4. The fraction of sp³-hybridized carbons (Fsp3) is 0.133. The predicted molar refractivity (Wildman–Crippen MR) is 74.0 cm³/mol. The minimum Gasteiger partial charge on any atom is -0.454 e. The molecule has 0 saturated carbocycles. The van der Waals surface area contributed by atoms with Gasteiger partial charge >= 0.3 is 0 Å². The maximum absolute atomic E-state index is 13.0. The summed E-state index contributed by atoms with van der Waals surface area (Å²) in [5.74, 6) is 1.16. The molecule has 0 saturated heterocycles. The lowest BCUT2D eigenvalue weighted by Crippen LogP contribution is -2.02. The van der Waals surface area contributed by atoms with E-state index in [1.54, 1.807) is 30.3 Å². The second-order valence-electron chi connectivity index (χ2n) is 4.24. The summed E-state index contributed by atoms with van der Waals surface area (Å²) in [6, 6.07) is 11.3. The topological polar surface area (TPSA) is 35.5 Å². The van der Waals surface area contributed by atoms with Gasteiger partial charge < -0.3 is 9.47 Å². The standard InChI is InChI=1S/C15H11FO3S/c16-11-2-1-3-12(7-11)20-8-13(17)10-4-5-14-15(6-10)19-9-18-14/h1-7H,8-9H2. The summed E-state index contributed by atoms with van der Waals surface area (Å²) in [6.07, 6.45) is 0. The highest BCUT2D eigenvalue weighted by Crippen LogP contribution is 2.33. The summed E-state index contributed by atoms with van der Waals surface area (Å²) < 4.78 is 23.5. The van der Waals surface area contributed by atoms with Crippen LogP contribution in [-0.2, 0) is 0 Å². The van der Waals surface area contributed by atoms with Gasteiger partial charge in [-0.05, 0) is 36.4 Å². The van der Waals surface area contributed by atoms with Crippen LogP contribution in [0.1, 0.15) is 10.4 Å². The Bertz CT molecular complexity index is 657. The molecule has 0 aromatic heterocycles. The zero-order chi connectivity index (χ0) is 13.9. The number of hydrogen-bond donors (Lipinski definition) is 0. The number of Topliss-reactive ketones (excluding diaryl/α,β-unsaturated/α-hetero) is 1. The van der Waals surface area contributed by atoms with Crippen molar-refractivity contribution >= 4 is 17.5 Å². The number of benzene rings is 2. The molecule has 1 aliphatic heterocycles. The second kappa shape index (κ2) is 5.54. The lowest BCUT2D eigenvalue weighted by Gasteiger charge is -2.03. The van der Waals surface area contributed by atoms with Crippen molar-refractivity contribution in [2.45, 2.75) is 4.90 Å². The zero-order valence-corrected chi connectivity index (χ0v) is 11.3. The Morgan fingerprint density at radius 1 is 1.15 bits per heavy atom. The number of thioether (sulfide) groups is 1. The van der Waals surface area contributed by atoms with Crippen molar-refractivity contribution < 1.29 is 18.7 Å². The van der Waals surface area contributed by atoms with Gasteiger partial charge in [-0.3, -0.25) is 4.79 Å². The highest BCUT2D eigenvalue weighted by atomic mass is 32.2. The second-order valence-corrected chi connectivity index (χ2v) is 5.29. The van der Waals surface area contributed by atoms with Crippen LogP contribution in [0.5, 0.6) is 11.5 Å². The quantitative estimate of drug-likeness (QED) is 0.637. The number of carbonyl (C=O) groups excluding carboxylic acids is 1. The summed E-state index contributed by atoms with van der Waals surface area (Å²) >= 11 is 1.31. The van der Waals surface area contributed by atoms with E-state index in [2.05, 4.69) is 0 Å². The van der Waals surface area contributed by atoms with Crippen molar-refractivity contribution in [1.82, 2.24) is 0 Å². The van der Waals surface area contributed by atoms with E-state index in [4.69, 9.17) is 9.47 Å². The van der Waals surface area contributed by atoms with E-state index in [9.17, 15) is 9.18 Å². The van der Waals surface area contributed by atoms with E-state index in [0.29, 0.717) is 17.1 Å². The molecule has 3 rings (SSSR count). The summed E-state index contributed by atoms with van der Waals surface area (Å²) in [4.78, 5) is 12.8. The van der Waals surface area contributed by atoms with E-state index >= 15 is 0 Å². The maximum Gasteiger partial charge on any atom is 0.231 e. The van der Waals surface area contributed by atoms with E-state index in [-0.39, 0.29) is 24.1 Å². The molecule has 20 heavy (non-hydrogen) atoms. The molecule has 3 nitrogen and oxygen atoms in total. The van der Waals surface area contributed by atoms with Crippen molar-refractivity contribution in [3.63, 3.8) is 0 Å². The van der Waals surface area contributed by atoms with E-state index in [0.717, 1.165) is 4.90 Å². The number of carbonyl (C=O) groups is 1. The average molecular weight is 290 g/mol. The summed E-state index contributed by atoms with van der Waals surface area (Å²) in [7, 11) is 0. The molecule has 0 N–H and O–H groups in total. The van der Waals surface area contributed by atoms with Crippen LogP contribution in [0.4, 0.5) is 4.39 Å². The van der Waals surface area contributed by atoms with Gasteiger partial charge in [-0.25, -0.2) is 4.39 Å². The lowest BCUT2D eigenvalue weighted by atomic mass is 10.1. The summed E-state index contributed by atoms with van der Waals surface area (Å²) in [5, 5.41) is 0. The van der Waals surface area contributed by atoms with Crippen molar-refractivity contribution in [2.24, 2.45) is 0 Å². The van der Waals surface area contributed by atoms with Crippen LogP contribution in [0.15, 0.2) is 47.4 Å². The van der Waals surface area contributed by atoms with Gasteiger partial charge in [0.2, 0.25) is 6.79 Å². The molecule has 1 heterocycles. The minimum atomic E-state index is -0.300. The molecule has 2 aromatic rings. The van der Waals surface area contributed by atoms with Crippen molar-refractivity contribution in [1.29, 1.82) is 0 Å². The minimum absolute atomic E-state index is 0.0300. The molecule has 0 fully saturated rings. The number of halogens is 1. The van der Waals surface area contributed by atoms with Crippen LogP contribution in [0.25, 0.3) is 0 Å². The number of fused-ring (bicyclic) bond motifs is 1. The Kier molecular flexibility index (Phi) is 3.60. The van der Waals surface area contributed by atoms with Gasteiger partial charge in [-0.2, -0.15) is 0 Å². The SMILES string of the molecule is O=C(CSc1cccc(F)c1)c1ccc2c(c1)OCO2. The van der Waals surface area contributed by atoms with Gasteiger partial charge in [0.15, 0.2) is 17.3 Å².